The molecule has 11 nitrogen and oxygen atoms in total. The summed E-state index contributed by atoms with van der Waals surface area (Å²) >= 11 is 4.29. The molecule has 43 heavy (non-hydrogen) atoms. The molecule has 0 aliphatic carbocycles. The van der Waals surface area contributed by atoms with Crippen LogP contribution in [0.15, 0.2) is 48.7 Å². The van der Waals surface area contributed by atoms with E-state index in [1.807, 2.05) is 30.3 Å². The normalized spacial score (nSPS) is 18.0. The van der Waals surface area contributed by atoms with Gasteiger partial charge in [-0.25, -0.2) is 13.9 Å². The molecule has 5 rings (SSSR count). The van der Waals surface area contributed by atoms with Crippen LogP contribution in [0.3, 0.4) is 0 Å². The second kappa shape index (κ2) is 15.2. The zero-order chi connectivity index (χ0) is 30.2. The van der Waals surface area contributed by atoms with Crippen molar-refractivity contribution in [1.29, 1.82) is 0 Å². The molecule has 2 saturated heterocycles. The molecule has 1 atom stereocenters. The average molecular weight is 630 g/mol. The minimum atomic E-state index is -2.12. The van der Waals surface area contributed by atoms with Gasteiger partial charge >= 0.3 is 0 Å². The number of ether oxygens (including phenoxy) is 1. The summed E-state index contributed by atoms with van der Waals surface area (Å²) in [5.41, 5.74) is 3.50. The van der Waals surface area contributed by atoms with Crippen molar-refractivity contribution in [2.45, 2.75) is 44.2 Å². The lowest BCUT2D eigenvalue weighted by Gasteiger charge is -2.42. The highest BCUT2D eigenvalue weighted by Gasteiger charge is 2.29. The molecule has 2 aromatic carbocycles. The predicted molar refractivity (Wildman–Crippen MR) is 171 cm³/mol. The van der Waals surface area contributed by atoms with Crippen molar-refractivity contribution in [2.24, 2.45) is 0 Å². The summed E-state index contributed by atoms with van der Waals surface area (Å²) in [5.74, 6) is 1.95. The molecule has 2 fully saturated rings. The first-order chi connectivity index (χ1) is 20.9. The number of anilines is 4. The van der Waals surface area contributed by atoms with Crippen LogP contribution >= 0.6 is 11.6 Å². The van der Waals surface area contributed by atoms with Crippen LogP contribution in [0.5, 0.6) is 5.75 Å². The molecule has 0 saturated carbocycles. The number of aliphatic hydroxyl groups excluding tert-OH is 1. The molecule has 2 aliphatic heterocycles. The first-order valence-electron chi connectivity index (χ1n) is 14.7. The molecule has 3 heterocycles. The Hall–Kier alpha value is -2.84. The number of benzene rings is 2. The third-order valence-corrected chi connectivity index (χ3v) is 9.03. The van der Waals surface area contributed by atoms with Crippen LogP contribution in [-0.4, -0.2) is 86.1 Å². The van der Waals surface area contributed by atoms with Gasteiger partial charge in [-0.15, -0.1) is 0 Å². The monoisotopic (exact) mass is 629 g/mol. The van der Waals surface area contributed by atoms with Gasteiger partial charge in [0.15, 0.2) is 5.82 Å². The van der Waals surface area contributed by atoms with Gasteiger partial charge in [-0.1, -0.05) is 35.9 Å². The quantitative estimate of drug-likeness (QED) is 0.182. The number of nitrogens with zero attached hydrogens (tertiary/aromatic N) is 4. The first-order valence-corrected chi connectivity index (χ1v) is 16.2. The average Bonchev–Trinajstić information content (AvgIpc) is 3.03. The van der Waals surface area contributed by atoms with E-state index in [9.17, 15) is 9.32 Å². The highest BCUT2D eigenvalue weighted by molar-refractivity contribution is 7.77. The Kier molecular flexibility index (Phi) is 11.2. The number of methoxy groups -OCH3 is 1. The van der Waals surface area contributed by atoms with E-state index in [0.29, 0.717) is 34.4 Å². The summed E-state index contributed by atoms with van der Waals surface area (Å²) in [7, 11) is 1.66. The van der Waals surface area contributed by atoms with Gasteiger partial charge in [-0.05, 0) is 87.1 Å². The summed E-state index contributed by atoms with van der Waals surface area (Å²) in [6.07, 6.45) is 6.12. The zero-order valence-corrected chi connectivity index (χ0v) is 25.9. The molecule has 0 amide bonds. The van der Waals surface area contributed by atoms with Crippen LogP contribution in [0.1, 0.15) is 42.7 Å². The molecule has 2 aliphatic rings. The number of aliphatic hydroxyl groups is 1. The number of likely N-dealkylation sites (tertiary alicyclic amines) is 2. The van der Waals surface area contributed by atoms with Gasteiger partial charge in [0.05, 0.1) is 25.6 Å². The second-order valence-corrected chi connectivity index (χ2v) is 12.1. The van der Waals surface area contributed by atoms with Crippen LogP contribution in [-0.2, 0) is 17.8 Å². The van der Waals surface area contributed by atoms with Crippen LogP contribution in [0.4, 0.5) is 23.1 Å². The van der Waals surface area contributed by atoms with E-state index in [0.717, 1.165) is 62.6 Å². The lowest BCUT2D eigenvalue weighted by Crippen LogP contribution is -2.47. The van der Waals surface area contributed by atoms with Crippen LogP contribution in [0.2, 0.25) is 5.02 Å². The minimum Gasteiger partial charge on any atom is -0.495 e. The fourth-order valence-corrected chi connectivity index (χ4v) is 6.43. The van der Waals surface area contributed by atoms with Crippen molar-refractivity contribution in [3.05, 3.63) is 64.8 Å². The summed E-state index contributed by atoms with van der Waals surface area (Å²) < 4.78 is 28.4. The van der Waals surface area contributed by atoms with Crippen LogP contribution < -0.4 is 20.1 Å². The molecule has 5 N–H and O–H groups in total. The van der Waals surface area contributed by atoms with E-state index < -0.39 is 11.3 Å². The Balaban J connectivity index is 1.22. The molecular weight excluding hydrogens is 590 g/mol. The minimum absolute atomic E-state index is 0.188. The first kappa shape index (κ1) is 31.6. The number of nitrogens with one attached hydrogen (secondary N) is 3. The number of para-hydroxylation sites is 1. The highest BCUT2D eigenvalue weighted by Crippen LogP contribution is 2.36. The fourth-order valence-electron chi connectivity index (χ4n) is 6.01. The molecule has 1 unspecified atom stereocenters. The Bertz CT molecular complexity index is 1380. The number of hydrogen-bond acceptors (Lipinski definition) is 9. The van der Waals surface area contributed by atoms with Gasteiger partial charge in [-0.2, -0.15) is 4.98 Å². The van der Waals surface area contributed by atoms with Crippen LogP contribution in [0, 0.1) is 0 Å². The number of piperidine rings is 2. The number of halogens is 1. The van der Waals surface area contributed by atoms with Gasteiger partial charge in [0, 0.05) is 24.8 Å². The van der Waals surface area contributed by atoms with E-state index in [-0.39, 0.29) is 13.2 Å². The summed E-state index contributed by atoms with van der Waals surface area (Å²) in [4.78, 5) is 14.0. The largest absolute Gasteiger partial charge is 0.495 e. The topological polar surface area (TPSA) is 135 Å². The summed E-state index contributed by atoms with van der Waals surface area (Å²) in [5, 5.41) is 16.0. The summed E-state index contributed by atoms with van der Waals surface area (Å²) in [6.45, 7) is 5.56. The number of aromatic nitrogens is 2. The SMILES string of the molecule is COc1cc(C2CCN(C3CCN(CCO)CC3)CC2)ccc1Nc1ncc(Cl)c(Nc2ccccc2CNS(=O)O)n1. The van der Waals surface area contributed by atoms with Crippen molar-refractivity contribution in [3.63, 3.8) is 0 Å². The van der Waals surface area contributed by atoms with Gasteiger partial charge in [0.1, 0.15) is 10.8 Å². The third-order valence-electron chi connectivity index (χ3n) is 8.36. The Morgan fingerprint density at radius 1 is 1.05 bits per heavy atom. The van der Waals surface area contributed by atoms with Crippen molar-refractivity contribution in [2.75, 3.05) is 57.1 Å². The molecule has 13 heteroatoms. The smallest absolute Gasteiger partial charge is 0.232 e. The number of rotatable bonds is 12. The van der Waals surface area contributed by atoms with Gasteiger partial charge in [0.25, 0.3) is 0 Å². The number of hydrogen-bond donors (Lipinski definition) is 5. The number of β-amino-alcohol motifs (C(OH)–C–C–N with tert-alkyl or cyclic N) is 1. The molecule has 3 aromatic rings. The molecule has 0 radical (unpaired) electrons. The van der Waals surface area contributed by atoms with E-state index in [1.54, 1.807) is 7.11 Å². The third kappa shape index (κ3) is 8.42. The maximum Gasteiger partial charge on any atom is 0.232 e. The lowest BCUT2D eigenvalue weighted by molar-refractivity contribution is 0.0793. The maximum atomic E-state index is 11.1. The standard InChI is InChI=1S/C30H40ClN7O4S/c1-42-28-18-22(21-8-14-38(15-9-21)24-10-12-37(13-11-24)16-17-39)6-7-27(28)35-30-32-20-25(31)29(36-30)34-26-5-3-2-4-23(26)19-33-43(40)41/h2-7,18,20-21,24,33,39H,8-17,19H2,1H3,(H,40,41)(H2,32,34,35,36). The molecule has 1 aromatic heterocycles. The van der Waals surface area contributed by atoms with Gasteiger partial charge in [-0.3, -0.25) is 4.55 Å². The predicted octanol–water partition coefficient (Wildman–Crippen LogP) is 4.49. The van der Waals surface area contributed by atoms with Crippen molar-refractivity contribution in [1.82, 2.24) is 24.5 Å². The van der Waals surface area contributed by atoms with Crippen molar-refractivity contribution in [3.8, 4) is 5.75 Å². The van der Waals surface area contributed by atoms with Crippen LogP contribution in [0.25, 0.3) is 0 Å². The van der Waals surface area contributed by atoms with Gasteiger partial charge in [0.2, 0.25) is 17.2 Å². The molecule has 0 spiro atoms. The second-order valence-electron chi connectivity index (χ2n) is 10.9. The zero-order valence-electron chi connectivity index (χ0n) is 24.3. The van der Waals surface area contributed by atoms with Gasteiger partial charge < -0.3 is 30.3 Å². The summed E-state index contributed by atoms with van der Waals surface area (Å²) in [6, 6.07) is 14.3. The maximum absolute atomic E-state index is 11.1. The molecule has 232 valence electrons. The Morgan fingerprint density at radius 3 is 2.53 bits per heavy atom. The Morgan fingerprint density at radius 2 is 1.81 bits per heavy atom. The van der Waals surface area contributed by atoms with E-state index in [1.165, 1.54) is 24.6 Å². The van der Waals surface area contributed by atoms with E-state index >= 15 is 0 Å². The molecular formula is C30H40ClN7O4S. The highest BCUT2D eigenvalue weighted by atomic mass is 35.5. The fraction of sp³-hybridized carbons (Fsp3) is 0.467. The Labute approximate surface area is 260 Å². The van der Waals surface area contributed by atoms with Crippen molar-refractivity contribution < 1.29 is 18.6 Å². The van der Waals surface area contributed by atoms with E-state index in [4.69, 9.17) is 20.9 Å². The van der Waals surface area contributed by atoms with Crippen molar-refractivity contribution >= 4 is 46.0 Å². The lowest BCUT2D eigenvalue weighted by atomic mass is 9.87. The van der Waals surface area contributed by atoms with E-state index in [2.05, 4.69) is 47.3 Å². The molecule has 0 bridgehead atoms.